The molecule has 20 nitrogen and oxygen atoms in total. The summed E-state index contributed by atoms with van der Waals surface area (Å²) in [6.45, 7) is 15.1. The number of carbonyl (C=O) groups excluding carboxylic acids is 6. The number of furan rings is 6. The highest BCUT2D eigenvalue weighted by Crippen LogP contribution is 2.46. The van der Waals surface area contributed by atoms with Gasteiger partial charge in [-0.05, 0) is 314 Å². The molecule has 0 bridgehead atoms. The van der Waals surface area contributed by atoms with Crippen LogP contribution in [0.25, 0.3) is 65.8 Å². The van der Waals surface area contributed by atoms with E-state index in [0.29, 0.717) is 51.0 Å². The van der Waals surface area contributed by atoms with Crippen molar-refractivity contribution in [2.24, 2.45) is 0 Å². The van der Waals surface area contributed by atoms with Gasteiger partial charge in [0, 0.05) is 89.9 Å². The number of fused-ring (bicyclic) bond motifs is 6. The monoisotopic (exact) mass is 2630 g/mol. The number of carbonyl (C=O) groups is 6. The maximum absolute atomic E-state index is 13.5. The van der Waals surface area contributed by atoms with E-state index < -0.39 is 149 Å². The number of hydrogen-bond acceptors (Lipinski definition) is 20. The van der Waals surface area contributed by atoms with E-state index in [2.05, 4.69) is 191 Å². The number of phenols is 6. The fourth-order valence-corrected chi connectivity index (χ4v) is 20.1. The summed E-state index contributed by atoms with van der Waals surface area (Å²) in [5, 5.41) is 80.6. The summed E-state index contributed by atoms with van der Waals surface area (Å²) < 4.78 is 228. The summed E-state index contributed by atoms with van der Waals surface area (Å²) in [6, 6.07) is 11.6. The Morgan fingerprint density at radius 1 is 0.285 bits per heavy atom. The molecule has 0 spiro atoms. The van der Waals surface area contributed by atoms with Gasteiger partial charge in [0.15, 0.2) is 34.7 Å². The van der Waals surface area contributed by atoms with Crippen LogP contribution in [-0.2, 0) is 6.42 Å². The summed E-state index contributed by atoms with van der Waals surface area (Å²) in [4.78, 5) is 79.7. The van der Waals surface area contributed by atoms with Gasteiger partial charge in [0.05, 0.1) is 120 Å². The average molecular weight is 2640 g/mol. The van der Waals surface area contributed by atoms with E-state index >= 15 is 0 Å². The van der Waals surface area contributed by atoms with Crippen molar-refractivity contribution in [3.05, 3.63) is 373 Å². The van der Waals surface area contributed by atoms with Gasteiger partial charge in [0.1, 0.15) is 115 Å². The number of phenolic OH excluding ortho intramolecular Hbond substituents is 6. The maximum Gasteiger partial charge on any atom is 0.197 e. The number of aromatic hydroxyl groups is 6. The molecule has 18 rings (SSSR count). The number of rotatable bonds is 18. The molecule has 702 valence electrons. The van der Waals surface area contributed by atoms with E-state index in [9.17, 15) is 69.6 Å². The predicted octanol–water partition coefficient (Wildman–Crippen LogP) is 33.4. The van der Waals surface area contributed by atoms with Crippen LogP contribution in [0.2, 0.25) is 0 Å². The van der Waals surface area contributed by atoms with E-state index in [1.165, 1.54) is 37.3 Å². The highest BCUT2D eigenvalue weighted by Gasteiger charge is 2.33. The number of aliphatic hydroxyl groups excluding tert-OH is 1. The van der Waals surface area contributed by atoms with Crippen LogP contribution >= 0.6 is 191 Å². The quantitative estimate of drug-likeness (QED) is 0.0370. The predicted molar refractivity (Wildman–Crippen MR) is 572 cm³/mol. The van der Waals surface area contributed by atoms with Gasteiger partial charge < -0.3 is 67.4 Å². The number of benzene rings is 12. The van der Waals surface area contributed by atoms with E-state index in [1.807, 2.05) is 39.0 Å². The second-order valence-corrected chi connectivity index (χ2v) is 39.8. The Kier molecular flexibility index (Phi) is 25.0. The van der Waals surface area contributed by atoms with Crippen LogP contribution in [0.1, 0.15) is 255 Å². The van der Waals surface area contributed by atoms with Crippen LogP contribution in [0.5, 0.6) is 34.5 Å². The summed E-state index contributed by atoms with van der Waals surface area (Å²) in [5.74, 6) is -5.04. The number of hydrogen-bond donors (Lipinski definition) is 8. The maximum atomic E-state index is 13.5. The van der Waals surface area contributed by atoms with Crippen molar-refractivity contribution in [2.75, 3.05) is 0 Å². The number of aliphatic hydroxyl groups is 2. The molecular formula is C105H78Br12O20. The molecular weight excluding hydrogens is 2540 g/mol. The molecule has 0 amide bonds. The first-order chi connectivity index (χ1) is 74.9. The lowest BCUT2D eigenvalue weighted by atomic mass is 9.96. The fraction of sp³-hybridized carbons (Fsp3) is 0.143. The molecule has 0 radical (unpaired) electrons. The molecule has 6 aromatic heterocycles. The molecule has 12 aromatic carbocycles. The molecule has 0 aliphatic heterocycles. The zero-order chi connectivity index (χ0) is 120. The van der Waals surface area contributed by atoms with Crippen LogP contribution < -0.4 is 0 Å². The Balaban J connectivity index is 0.000000159. The second kappa shape index (κ2) is 44.9. The SMILES string of the molecule is [2H]c1c(Br)c(O)c(Br)c([2H])c1C(=O)c1c(C(C)C)oc2c([2H])c([2H])c([2H])c([2H])c12.[2H]c1c(Br)c(O)c(Br)c([2H])c1C(=O)c1c(C(C)C)oc2ccccc12.[2H]c1c(Br)c(O)c(Br)c([2H])c1C(=O)c1c(CC)oc2ccccc12.[2H]c1c(C(=O)c2c(C(C)C)oc3c([2H])c([2H])c([2H])c([2H])c23)cc(Br)c(O)c1Br.[2H]c1c([2H])c([2H])c2c(C(=O)c3cc(Br)c(O)c(Br)c3)c(C(C)O)oc2c1[2H].[2H]c1c([2H])c([2H])c2c(C(=O)c3cc(Br)c(O)c(Br)c3)c(C([2H])(C)O)oc2c1[2H]. The van der Waals surface area contributed by atoms with Crippen LogP contribution in [0.15, 0.2) is 298 Å². The molecule has 0 aliphatic carbocycles. The third-order valence-corrected chi connectivity index (χ3v) is 26.8. The summed E-state index contributed by atoms with van der Waals surface area (Å²) in [5.41, 5.74) is 0.122. The molecule has 2 unspecified atom stereocenters. The van der Waals surface area contributed by atoms with Gasteiger partial charge in [0.25, 0.3) is 0 Å². The molecule has 8 N–H and O–H groups in total. The first kappa shape index (κ1) is 76.2. The molecule has 2 atom stereocenters. The van der Waals surface area contributed by atoms with Crippen molar-refractivity contribution in [1.29, 1.82) is 0 Å². The lowest BCUT2D eigenvalue weighted by Gasteiger charge is -2.08. The van der Waals surface area contributed by atoms with Crippen molar-refractivity contribution in [3.8, 4) is 34.5 Å². The standard InChI is InChI=1S/3C18H14Br2O3.2C17H12Br2O4.C17H12Br2O3/c3*1-9(2)18-15(11-5-3-4-6-14(11)23-18)16(21)10-7-12(19)17(22)13(20)8-10;2*1-8(20)17-14(10-4-2-3-5-13(10)23-17)15(21)9-6-11(18)16(22)12(19)7-9;1-2-13-15(10-5-3-4-6-14(10)22-13)16(20)9-7-11(18)17(21)12(19)8-9/h3*3-9,22H,1-2H3;2*2-8,20,22H,1H3;3-8,21H,2H2,1H3/i3D,4D,5D,6D,7D,8D;3D,4D,5D,6D,7D;7D,8D;2D,3D,4D,5D,8D;2D,3D,4D,5D;7D,8D. The van der Waals surface area contributed by atoms with Crippen LogP contribution in [-0.4, -0.2) is 75.6 Å². The van der Waals surface area contributed by atoms with Crippen molar-refractivity contribution in [3.63, 3.8) is 0 Å². The zero-order valence-electron chi connectivity index (χ0n) is 95.5. The van der Waals surface area contributed by atoms with E-state index in [-0.39, 0.29) is 265 Å². The zero-order valence-corrected chi connectivity index (χ0v) is 90.6. The Labute approximate surface area is 918 Å². The molecule has 0 aliphatic rings. The largest absolute Gasteiger partial charge is 0.506 e. The molecule has 0 fully saturated rings. The van der Waals surface area contributed by atoms with Crippen molar-refractivity contribution in [1.82, 2.24) is 0 Å². The van der Waals surface area contributed by atoms with Gasteiger partial charge in [-0.3, -0.25) is 28.8 Å². The molecule has 0 saturated carbocycles. The lowest BCUT2D eigenvalue weighted by Crippen LogP contribution is -2.06. The molecule has 6 heterocycles. The lowest BCUT2D eigenvalue weighted by molar-refractivity contribution is 0.102. The highest BCUT2D eigenvalue weighted by molar-refractivity contribution is 9.12. The van der Waals surface area contributed by atoms with Crippen LogP contribution in [0, 0.1) is 0 Å². The Bertz CT molecular complexity index is 9180. The van der Waals surface area contributed by atoms with Gasteiger partial charge in [0.2, 0.25) is 0 Å². The third-order valence-electron chi connectivity index (χ3n) is 19.8. The minimum absolute atomic E-state index is 0.00464. The van der Waals surface area contributed by atoms with Gasteiger partial charge in [-0.2, -0.15) is 0 Å². The van der Waals surface area contributed by atoms with E-state index in [1.54, 1.807) is 58.0 Å². The van der Waals surface area contributed by atoms with Crippen LogP contribution in [0.3, 0.4) is 0 Å². The van der Waals surface area contributed by atoms with Crippen molar-refractivity contribution in [2.45, 2.75) is 98.7 Å². The smallest absolute Gasteiger partial charge is 0.197 e. The Hall–Kier alpha value is -9.62. The van der Waals surface area contributed by atoms with Gasteiger partial charge in [-0.25, -0.2) is 0 Å². The second-order valence-electron chi connectivity index (χ2n) is 30.0. The van der Waals surface area contributed by atoms with Gasteiger partial charge in [-0.1, -0.05) is 157 Å². The first-order valence-corrected chi connectivity index (χ1v) is 49.3. The average Bonchev–Trinajstić information content (AvgIpc) is 0.935. The van der Waals surface area contributed by atoms with Crippen molar-refractivity contribution >= 4 is 292 Å². The molecule has 32 heteroatoms. The van der Waals surface area contributed by atoms with Crippen LogP contribution in [0.4, 0.5) is 0 Å². The third kappa shape index (κ3) is 22.6. The molecule has 137 heavy (non-hydrogen) atoms. The topological polar surface area (TPSA) is 343 Å². The molecule has 0 saturated heterocycles. The summed E-state index contributed by atoms with van der Waals surface area (Å²) >= 11 is 37.3. The van der Waals surface area contributed by atoms with E-state index in [4.69, 9.17) is 59.4 Å². The van der Waals surface area contributed by atoms with E-state index in [0.717, 1.165) is 6.92 Å². The normalized spacial score (nSPS) is 14.4. The number of para-hydroxylation sites is 6. The summed E-state index contributed by atoms with van der Waals surface area (Å²) in [6.07, 6.45) is -3.09. The number of aryl methyl sites for hydroxylation is 1. The fourth-order valence-electron chi connectivity index (χ4n) is 13.5. The first-order valence-electron chi connectivity index (χ1n) is 51.8. The molecule has 18 aromatic rings. The van der Waals surface area contributed by atoms with Gasteiger partial charge in [-0.15, -0.1) is 0 Å². The minimum Gasteiger partial charge on any atom is -0.506 e. The number of ketones is 6. The van der Waals surface area contributed by atoms with Crippen molar-refractivity contribution < 1.29 is 129 Å². The Morgan fingerprint density at radius 2 is 0.511 bits per heavy atom. The highest BCUT2D eigenvalue weighted by atomic mass is 79.9. The van der Waals surface area contributed by atoms with Gasteiger partial charge >= 0.3 is 0 Å². The Morgan fingerprint density at radius 3 is 0.832 bits per heavy atom. The minimum atomic E-state index is -2.38. The number of halogens is 12. The summed E-state index contributed by atoms with van der Waals surface area (Å²) in [7, 11) is 0.